The van der Waals surface area contributed by atoms with Gasteiger partial charge in [0.05, 0.1) is 18.9 Å². The number of hydrogen-bond donors (Lipinski definition) is 0. The second-order valence-electron chi connectivity index (χ2n) is 5.45. The Kier molecular flexibility index (Phi) is 4.17. The maximum absolute atomic E-state index is 12.6. The molecule has 1 aliphatic heterocycles. The lowest BCUT2D eigenvalue weighted by molar-refractivity contribution is 0.296. The maximum atomic E-state index is 12.6. The molecule has 3 aromatic rings. The van der Waals surface area contributed by atoms with Gasteiger partial charge >= 0.3 is 10.1 Å². The Morgan fingerprint density at radius 1 is 1.04 bits per heavy atom. The number of fused-ring (bicyclic) bond motifs is 1. The van der Waals surface area contributed by atoms with Crippen molar-refractivity contribution in [2.45, 2.75) is 11.3 Å². The summed E-state index contributed by atoms with van der Waals surface area (Å²) in [6, 6.07) is 10.8. The molecule has 4 rings (SSSR count). The summed E-state index contributed by atoms with van der Waals surface area (Å²) in [5.74, 6) is 1.04. The Labute approximate surface area is 149 Å². The van der Waals surface area contributed by atoms with Crippen molar-refractivity contribution in [3.8, 4) is 22.9 Å². The van der Waals surface area contributed by atoms with E-state index in [0.717, 1.165) is 6.42 Å². The van der Waals surface area contributed by atoms with E-state index in [9.17, 15) is 8.42 Å². The predicted molar refractivity (Wildman–Crippen MR) is 89.0 cm³/mol. The zero-order chi connectivity index (χ0) is 18.0. The van der Waals surface area contributed by atoms with Gasteiger partial charge < -0.3 is 13.7 Å². The smallest absolute Gasteiger partial charge is 0.339 e. The largest absolute Gasteiger partial charge is 0.490 e. The summed E-state index contributed by atoms with van der Waals surface area (Å²) in [7, 11) is -4.04. The molecule has 0 fully saturated rings. The van der Waals surface area contributed by atoms with Crippen molar-refractivity contribution in [2.24, 2.45) is 0 Å². The highest BCUT2D eigenvalue weighted by molar-refractivity contribution is 7.87. The van der Waals surface area contributed by atoms with E-state index in [1.807, 2.05) is 0 Å². The summed E-state index contributed by atoms with van der Waals surface area (Å²) in [5, 5.41) is 10.9. The van der Waals surface area contributed by atoms with E-state index < -0.39 is 10.1 Å². The summed E-state index contributed by atoms with van der Waals surface area (Å²) >= 11 is 0. The van der Waals surface area contributed by atoms with Crippen LogP contribution in [0.3, 0.4) is 0 Å². The molecule has 134 valence electrons. The number of hydrogen-bond acceptors (Lipinski definition) is 8. The first-order valence-electron chi connectivity index (χ1n) is 7.79. The van der Waals surface area contributed by atoms with Crippen LogP contribution in [0.5, 0.6) is 17.2 Å². The third kappa shape index (κ3) is 3.31. The third-order valence-corrected chi connectivity index (χ3v) is 4.89. The van der Waals surface area contributed by atoms with Gasteiger partial charge in [0.15, 0.2) is 11.5 Å². The van der Waals surface area contributed by atoms with Gasteiger partial charge in [-0.15, -0.1) is 5.10 Å². The highest BCUT2D eigenvalue weighted by atomic mass is 32.2. The molecule has 0 N–H and O–H groups in total. The van der Waals surface area contributed by atoms with Crippen LogP contribution < -0.4 is 13.7 Å². The van der Waals surface area contributed by atoms with Crippen molar-refractivity contribution < 1.29 is 22.1 Å². The molecular formula is C16H14N4O5S. The van der Waals surface area contributed by atoms with Gasteiger partial charge in [-0.25, -0.2) is 4.68 Å². The number of tetrazole rings is 1. The number of nitrogens with zero attached hydrogens (tertiary/aromatic N) is 4. The van der Waals surface area contributed by atoms with E-state index in [-0.39, 0.29) is 10.6 Å². The second-order valence-corrected chi connectivity index (χ2v) is 6.99. The first-order valence-corrected chi connectivity index (χ1v) is 9.20. The molecule has 0 amide bonds. The molecule has 1 aliphatic rings. The highest BCUT2D eigenvalue weighted by Crippen LogP contribution is 2.32. The monoisotopic (exact) mass is 374 g/mol. The van der Waals surface area contributed by atoms with E-state index in [4.69, 9.17) is 13.7 Å². The molecule has 0 atom stereocenters. The average molecular weight is 374 g/mol. The Bertz CT molecular complexity index is 1020. The molecule has 0 bridgehead atoms. The van der Waals surface area contributed by atoms with Crippen LogP contribution in [0.15, 0.2) is 53.7 Å². The number of ether oxygens (including phenoxy) is 2. The van der Waals surface area contributed by atoms with Gasteiger partial charge in [-0.3, -0.25) is 0 Å². The van der Waals surface area contributed by atoms with E-state index >= 15 is 0 Å². The normalized spacial score (nSPS) is 13.8. The Hall–Kier alpha value is -3.14. The molecule has 2 heterocycles. The topological polar surface area (TPSA) is 105 Å². The zero-order valence-corrected chi connectivity index (χ0v) is 14.3. The van der Waals surface area contributed by atoms with Gasteiger partial charge in [0.25, 0.3) is 0 Å². The van der Waals surface area contributed by atoms with Gasteiger partial charge in [-0.1, -0.05) is 6.07 Å². The van der Waals surface area contributed by atoms with Crippen LogP contribution in [0, 0.1) is 0 Å². The average Bonchev–Trinajstić information content (AvgIpc) is 3.07. The van der Waals surface area contributed by atoms with Gasteiger partial charge in [-0.05, 0) is 34.7 Å². The predicted octanol–water partition coefficient (Wildman–Crippen LogP) is 1.59. The number of benzene rings is 2. The fourth-order valence-corrected chi connectivity index (χ4v) is 3.37. The Balaban J connectivity index is 1.62. The van der Waals surface area contributed by atoms with Crippen molar-refractivity contribution in [2.75, 3.05) is 13.2 Å². The third-order valence-electron chi connectivity index (χ3n) is 3.64. The zero-order valence-electron chi connectivity index (χ0n) is 13.5. The first-order chi connectivity index (χ1) is 12.6. The van der Waals surface area contributed by atoms with Gasteiger partial charge in [0.1, 0.15) is 17.0 Å². The minimum atomic E-state index is -4.04. The van der Waals surface area contributed by atoms with Crippen LogP contribution in [0.4, 0.5) is 0 Å². The minimum Gasteiger partial charge on any atom is -0.490 e. The molecule has 26 heavy (non-hydrogen) atoms. The second kappa shape index (κ2) is 6.64. The fourth-order valence-electron chi connectivity index (χ4n) is 2.43. The molecule has 1 aromatic heterocycles. The van der Waals surface area contributed by atoms with Crippen molar-refractivity contribution in [1.29, 1.82) is 0 Å². The molecular weight excluding hydrogens is 360 g/mol. The summed E-state index contributed by atoms with van der Waals surface area (Å²) in [6.07, 6.45) is 2.13. The van der Waals surface area contributed by atoms with Gasteiger partial charge in [0, 0.05) is 18.6 Å². The Morgan fingerprint density at radius 2 is 1.88 bits per heavy atom. The minimum absolute atomic E-state index is 0.0189. The summed E-state index contributed by atoms with van der Waals surface area (Å²) < 4.78 is 42.9. The lowest BCUT2D eigenvalue weighted by Gasteiger charge is -2.11. The summed E-state index contributed by atoms with van der Waals surface area (Å²) in [6.45, 7) is 0.991. The molecule has 0 radical (unpaired) electrons. The molecule has 0 aliphatic carbocycles. The lowest BCUT2D eigenvalue weighted by atomic mass is 10.3. The van der Waals surface area contributed by atoms with E-state index in [2.05, 4.69) is 15.5 Å². The molecule has 0 saturated heterocycles. The van der Waals surface area contributed by atoms with Crippen LogP contribution in [-0.2, 0) is 10.1 Å². The number of rotatable bonds is 4. The van der Waals surface area contributed by atoms with Crippen molar-refractivity contribution in [3.05, 3.63) is 48.8 Å². The quantitative estimate of drug-likeness (QED) is 0.634. The van der Waals surface area contributed by atoms with Crippen LogP contribution in [-0.4, -0.2) is 41.8 Å². The highest BCUT2D eigenvalue weighted by Gasteiger charge is 2.21. The molecule has 0 saturated carbocycles. The fraction of sp³-hybridized carbons (Fsp3) is 0.188. The van der Waals surface area contributed by atoms with Crippen molar-refractivity contribution in [1.82, 2.24) is 20.2 Å². The van der Waals surface area contributed by atoms with Crippen LogP contribution in [0.1, 0.15) is 6.42 Å². The van der Waals surface area contributed by atoms with Crippen LogP contribution in [0.25, 0.3) is 5.69 Å². The summed E-state index contributed by atoms with van der Waals surface area (Å²) in [4.78, 5) is -0.0189. The van der Waals surface area contributed by atoms with Gasteiger partial charge in [-0.2, -0.15) is 8.42 Å². The van der Waals surface area contributed by atoms with E-state index in [0.29, 0.717) is 30.4 Å². The molecule has 9 nitrogen and oxygen atoms in total. The molecule has 10 heteroatoms. The van der Waals surface area contributed by atoms with Crippen molar-refractivity contribution in [3.63, 3.8) is 0 Å². The standard InChI is InChI=1S/C16H14N4O5S/c21-26(22,14-5-6-15-16(10-14)24-8-2-7-23-15)25-13-4-1-3-12(9-13)20-11-17-18-19-20/h1,3-6,9-11H,2,7-8H2. The van der Waals surface area contributed by atoms with E-state index in [1.54, 1.807) is 18.2 Å². The van der Waals surface area contributed by atoms with Gasteiger partial charge in [0.2, 0.25) is 0 Å². The molecule has 2 aromatic carbocycles. The summed E-state index contributed by atoms with van der Waals surface area (Å²) in [5.41, 5.74) is 0.571. The van der Waals surface area contributed by atoms with Crippen LogP contribution >= 0.6 is 0 Å². The molecule has 0 spiro atoms. The first kappa shape index (κ1) is 16.3. The number of aromatic nitrogens is 4. The Morgan fingerprint density at radius 3 is 2.69 bits per heavy atom. The SMILES string of the molecule is O=S(=O)(Oc1cccc(-n2cnnn2)c1)c1ccc2c(c1)OCCCO2. The lowest BCUT2D eigenvalue weighted by Crippen LogP contribution is -2.10. The van der Waals surface area contributed by atoms with Crippen LogP contribution in [0.2, 0.25) is 0 Å². The van der Waals surface area contributed by atoms with E-state index in [1.165, 1.54) is 35.3 Å². The molecule has 0 unspecified atom stereocenters. The maximum Gasteiger partial charge on any atom is 0.339 e. The van der Waals surface area contributed by atoms with Crippen molar-refractivity contribution >= 4 is 10.1 Å².